The molecule has 9 heteroatoms. The number of fused-ring (bicyclic) bond motifs is 1. The molecule has 2 atom stereocenters. The second-order valence-electron chi connectivity index (χ2n) is 10.5. The quantitative estimate of drug-likeness (QED) is 0.201. The molecule has 0 spiro atoms. The van der Waals surface area contributed by atoms with E-state index in [-0.39, 0.29) is 17.9 Å². The van der Waals surface area contributed by atoms with Crippen LogP contribution in [0.15, 0.2) is 83.3 Å². The van der Waals surface area contributed by atoms with Gasteiger partial charge in [0.25, 0.3) is 0 Å². The molecule has 4 rings (SSSR count). The maximum atomic E-state index is 13.4. The molecule has 0 fully saturated rings. The Morgan fingerprint density at radius 3 is 2.48 bits per heavy atom. The number of halogens is 1. The predicted molar refractivity (Wildman–Crippen MR) is 168 cm³/mol. The van der Waals surface area contributed by atoms with Crippen molar-refractivity contribution in [3.05, 3.63) is 100 Å². The molecule has 0 heterocycles. The van der Waals surface area contributed by atoms with Crippen LogP contribution in [0.25, 0.3) is 0 Å². The van der Waals surface area contributed by atoms with Crippen molar-refractivity contribution in [3.63, 3.8) is 0 Å². The summed E-state index contributed by atoms with van der Waals surface area (Å²) in [6.07, 6.45) is 4.50. The highest BCUT2D eigenvalue weighted by Crippen LogP contribution is 2.34. The van der Waals surface area contributed by atoms with Crippen LogP contribution in [0.5, 0.6) is 0 Å². The monoisotopic (exact) mass is 634 g/mol. The number of anilines is 1. The summed E-state index contributed by atoms with van der Waals surface area (Å²) in [4.78, 5) is 40.6. The van der Waals surface area contributed by atoms with Gasteiger partial charge in [0.2, 0.25) is 5.91 Å². The summed E-state index contributed by atoms with van der Waals surface area (Å²) < 4.78 is 5.76. The van der Waals surface area contributed by atoms with E-state index in [0.717, 1.165) is 29.3 Å². The second-order valence-corrected chi connectivity index (χ2v) is 11.4. The van der Waals surface area contributed by atoms with Gasteiger partial charge in [0, 0.05) is 35.7 Å². The summed E-state index contributed by atoms with van der Waals surface area (Å²) in [5, 5.41) is 8.73. The highest BCUT2D eigenvalue weighted by molar-refractivity contribution is 9.10. The Balaban J connectivity index is 1.48. The van der Waals surface area contributed by atoms with Crippen molar-refractivity contribution in [1.29, 1.82) is 0 Å². The van der Waals surface area contributed by atoms with Gasteiger partial charge in [-0.2, -0.15) is 0 Å². The highest BCUT2D eigenvalue weighted by atomic mass is 79.9. The summed E-state index contributed by atoms with van der Waals surface area (Å²) in [5.41, 5.74) is 4.25. The van der Waals surface area contributed by atoms with E-state index >= 15 is 0 Å². The van der Waals surface area contributed by atoms with E-state index in [9.17, 15) is 14.4 Å². The first-order chi connectivity index (χ1) is 20.4. The number of nitrogens with zero attached hydrogens (tertiary/aromatic N) is 1. The minimum atomic E-state index is -0.758. The Labute approximate surface area is 256 Å². The van der Waals surface area contributed by atoms with Crippen LogP contribution in [0.2, 0.25) is 0 Å². The number of hydrogen-bond acceptors (Lipinski definition) is 5. The fraction of sp³-hybridized carbons (Fsp3) is 0.364. The number of ether oxygens (including phenoxy) is 1. The zero-order valence-corrected chi connectivity index (χ0v) is 25.6. The molecule has 42 heavy (non-hydrogen) atoms. The average Bonchev–Trinajstić information content (AvgIpc) is 3.02. The lowest BCUT2D eigenvalue weighted by molar-refractivity contribution is -0.140. The van der Waals surface area contributed by atoms with Gasteiger partial charge < -0.3 is 20.7 Å². The molecule has 0 saturated carbocycles. The topological polar surface area (TPSA) is 99.8 Å². The molecule has 0 radical (unpaired) electrons. The van der Waals surface area contributed by atoms with E-state index in [1.165, 1.54) is 18.2 Å². The fourth-order valence-corrected chi connectivity index (χ4v) is 5.65. The van der Waals surface area contributed by atoms with E-state index in [0.29, 0.717) is 44.6 Å². The minimum absolute atomic E-state index is 0.178. The highest BCUT2D eigenvalue weighted by Gasteiger charge is 2.28. The summed E-state index contributed by atoms with van der Waals surface area (Å²) in [6.45, 7) is 1.62. The van der Waals surface area contributed by atoms with Crippen molar-refractivity contribution in [2.45, 2.75) is 57.2 Å². The maximum Gasteiger partial charge on any atom is 0.319 e. The molecule has 0 bridgehead atoms. The largest absolute Gasteiger partial charge is 0.469 e. The molecule has 8 nitrogen and oxygen atoms in total. The zero-order valence-electron chi connectivity index (χ0n) is 24.0. The number of amides is 3. The number of carbonyl (C=O) groups excluding carboxylic acids is 3. The molecule has 1 unspecified atom stereocenters. The number of rotatable bonds is 13. The average molecular weight is 636 g/mol. The van der Waals surface area contributed by atoms with E-state index in [2.05, 4.69) is 61.0 Å². The Morgan fingerprint density at radius 2 is 1.71 bits per heavy atom. The van der Waals surface area contributed by atoms with Gasteiger partial charge in [0.1, 0.15) is 6.04 Å². The van der Waals surface area contributed by atoms with Crippen LogP contribution >= 0.6 is 15.9 Å². The lowest BCUT2D eigenvalue weighted by Gasteiger charge is -2.36. The third-order valence-corrected chi connectivity index (χ3v) is 8.10. The lowest BCUT2D eigenvalue weighted by Crippen LogP contribution is -2.49. The molecule has 0 aliphatic heterocycles. The van der Waals surface area contributed by atoms with Gasteiger partial charge in [0.15, 0.2) is 0 Å². The fourth-order valence-electron chi connectivity index (χ4n) is 5.39. The number of aryl methyl sites for hydroxylation is 1. The standard InChI is InChI=1S/C33H39BrN4O4/c1-42-31(39)15-8-21-38(30-14-7-12-25-11-5-6-13-28(25)30)22-20-29(32(40)35-23-24-9-3-2-4-10-24)37-33(41)36-27-18-16-26(34)17-19-27/h2-6,9-11,13,16-19,29-30H,7-8,12,14-15,20-23H2,1H3,(H,35,40)(H2,36,37,41)/t29-,30?/m0/s1. The number of urea groups is 1. The summed E-state index contributed by atoms with van der Waals surface area (Å²) in [5.74, 6) is -0.480. The van der Waals surface area contributed by atoms with E-state index in [4.69, 9.17) is 4.74 Å². The molecular formula is C33H39BrN4O4. The van der Waals surface area contributed by atoms with Crippen molar-refractivity contribution in [2.75, 3.05) is 25.5 Å². The van der Waals surface area contributed by atoms with Crippen LogP contribution in [-0.2, 0) is 27.3 Å². The molecule has 1 aliphatic carbocycles. The number of hydrogen-bond donors (Lipinski definition) is 3. The van der Waals surface area contributed by atoms with E-state index in [1.54, 1.807) is 12.1 Å². The summed E-state index contributed by atoms with van der Waals surface area (Å²) >= 11 is 3.40. The van der Waals surface area contributed by atoms with Gasteiger partial charge in [-0.25, -0.2) is 4.79 Å². The zero-order chi connectivity index (χ0) is 29.7. The van der Waals surface area contributed by atoms with Crippen LogP contribution in [-0.4, -0.2) is 49.0 Å². The van der Waals surface area contributed by atoms with Gasteiger partial charge >= 0.3 is 12.0 Å². The van der Waals surface area contributed by atoms with Gasteiger partial charge in [0.05, 0.1) is 7.11 Å². The number of benzene rings is 3. The van der Waals surface area contributed by atoms with Crippen molar-refractivity contribution in [3.8, 4) is 0 Å². The van der Waals surface area contributed by atoms with Gasteiger partial charge in [-0.1, -0.05) is 70.5 Å². The van der Waals surface area contributed by atoms with Crippen LogP contribution in [0.1, 0.15) is 54.8 Å². The van der Waals surface area contributed by atoms with Crippen LogP contribution in [0.3, 0.4) is 0 Å². The van der Waals surface area contributed by atoms with Crippen LogP contribution < -0.4 is 16.0 Å². The Kier molecular flexibility index (Phi) is 12.0. The van der Waals surface area contributed by atoms with Crippen molar-refractivity contribution < 1.29 is 19.1 Å². The SMILES string of the molecule is COC(=O)CCCN(CC[C@H](NC(=O)Nc1ccc(Br)cc1)C(=O)NCc1ccccc1)C1CCCc2ccccc21. The first-order valence-electron chi connectivity index (χ1n) is 14.5. The number of methoxy groups -OCH3 is 1. The molecule has 1 aliphatic rings. The summed E-state index contributed by atoms with van der Waals surface area (Å²) in [7, 11) is 1.40. The maximum absolute atomic E-state index is 13.4. The molecular weight excluding hydrogens is 596 g/mol. The minimum Gasteiger partial charge on any atom is -0.469 e. The third kappa shape index (κ3) is 9.42. The van der Waals surface area contributed by atoms with Gasteiger partial charge in [-0.05, 0) is 79.6 Å². The van der Waals surface area contributed by atoms with Gasteiger partial charge in [-0.3, -0.25) is 14.5 Å². The first kappa shape index (κ1) is 31.3. The Hall–Kier alpha value is -3.69. The number of carbonyl (C=O) groups is 3. The molecule has 3 aromatic carbocycles. The molecule has 222 valence electrons. The molecule has 0 saturated heterocycles. The van der Waals surface area contributed by atoms with Crippen LogP contribution in [0, 0.1) is 0 Å². The van der Waals surface area contributed by atoms with E-state index < -0.39 is 12.1 Å². The Morgan fingerprint density at radius 1 is 0.976 bits per heavy atom. The molecule has 3 aromatic rings. The Bertz CT molecular complexity index is 1320. The lowest BCUT2D eigenvalue weighted by atomic mass is 9.86. The second kappa shape index (κ2) is 16.1. The van der Waals surface area contributed by atoms with Crippen LogP contribution in [0.4, 0.5) is 10.5 Å². The van der Waals surface area contributed by atoms with Crippen molar-refractivity contribution in [1.82, 2.24) is 15.5 Å². The van der Waals surface area contributed by atoms with Gasteiger partial charge in [-0.15, -0.1) is 0 Å². The molecule has 0 aromatic heterocycles. The van der Waals surface area contributed by atoms with Crippen molar-refractivity contribution >= 4 is 39.5 Å². The first-order valence-corrected chi connectivity index (χ1v) is 15.3. The normalized spacial score (nSPS) is 14.9. The molecule has 3 amide bonds. The summed E-state index contributed by atoms with van der Waals surface area (Å²) in [6, 6.07) is 24.4. The van der Waals surface area contributed by atoms with E-state index in [1.807, 2.05) is 42.5 Å². The predicted octanol–water partition coefficient (Wildman–Crippen LogP) is 5.98. The number of nitrogens with one attached hydrogen (secondary N) is 3. The smallest absolute Gasteiger partial charge is 0.319 e. The third-order valence-electron chi connectivity index (χ3n) is 7.57. The number of esters is 1. The molecule has 3 N–H and O–H groups in total. The van der Waals surface area contributed by atoms with Crippen molar-refractivity contribution in [2.24, 2.45) is 0 Å².